The average molecular weight is 316 g/mol. The minimum Gasteiger partial charge on any atom is -0.394 e. The number of benzene rings is 1. The van der Waals surface area contributed by atoms with E-state index in [1.807, 2.05) is 18.2 Å². The third-order valence-electron chi connectivity index (χ3n) is 3.73. The largest absolute Gasteiger partial charge is 0.394 e. The highest BCUT2D eigenvalue weighted by molar-refractivity contribution is 6.20. The second kappa shape index (κ2) is 8.08. The lowest BCUT2D eigenvalue weighted by atomic mass is 9.98. The Hall–Kier alpha value is -0.690. The highest BCUT2D eigenvalue weighted by Gasteiger charge is 2.43. The molecule has 0 bridgehead atoms. The van der Waals surface area contributed by atoms with Gasteiger partial charge in [0, 0.05) is 0 Å². The molecule has 4 unspecified atom stereocenters. The van der Waals surface area contributed by atoms with Crippen LogP contribution in [0.25, 0.3) is 0 Å². The molecule has 1 aromatic rings. The van der Waals surface area contributed by atoms with E-state index in [2.05, 4.69) is 17.4 Å². The molecule has 0 aliphatic carbocycles. The van der Waals surface area contributed by atoms with E-state index in [9.17, 15) is 10.2 Å². The molecule has 5 atom stereocenters. The number of hydrogen-bond donors (Lipinski definition) is 4. The van der Waals surface area contributed by atoms with E-state index in [1.54, 1.807) is 0 Å². The summed E-state index contributed by atoms with van der Waals surface area (Å²) in [6.45, 7) is 0.280. The van der Waals surface area contributed by atoms with Crippen LogP contribution in [0.15, 0.2) is 30.3 Å². The number of halogens is 1. The number of aliphatic hydroxyl groups excluding tert-OH is 3. The number of aliphatic hydroxyl groups is 3. The van der Waals surface area contributed by atoms with E-state index in [-0.39, 0.29) is 6.61 Å². The lowest BCUT2D eigenvalue weighted by Gasteiger charge is -2.40. The molecular formula is C15H22ClNO4. The van der Waals surface area contributed by atoms with Gasteiger partial charge >= 0.3 is 0 Å². The van der Waals surface area contributed by atoms with Crippen LogP contribution in [-0.4, -0.2) is 58.4 Å². The van der Waals surface area contributed by atoms with Crippen LogP contribution in [0.3, 0.4) is 0 Å². The molecule has 1 aliphatic heterocycles. The van der Waals surface area contributed by atoms with Crippen LogP contribution < -0.4 is 5.32 Å². The standard InChI is InChI=1S/C15H22ClNO4/c16-15-12(14(20)13(19)11(9-18)21-15)17-8-4-7-10-5-2-1-3-6-10/h1-3,5-6,11-15,17-20H,4,7-9H2/t11-,12?,13?,14?,15?/m1/s1. The Morgan fingerprint density at radius 3 is 2.52 bits per heavy atom. The number of rotatable bonds is 6. The van der Waals surface area contributed by atoms with Crippen LogP contribution in [0.1, 0.15) is 12.0 Å². The summed E-state index contributed by atoms with van der Waals surface area (Å²) in [4.78, 5) is 0. The maximum absolute atomic E-state index is 10.0. The summed E-state index contributed by atoms with van der Waals surface area (Å²) in [5.74, 6) is 0. The molecule has 0 radical (unpaired) electrons. The van der Waals surface area contributed by atoms with E-state index >= 15 is 0 Å². The monoisotopic (exact) mass is 315 g/mol. The van der Waals surface area contributed by atoms with Gasteiger partial charge in [0.05, 0.1) is 12.6 Å². The van der Waals surface area contributed by atoms with Crippen LogP contribution in [0.4, 0.5) is 0 Å². The molecule has 21 heavy (non-hydrogen) atoms. The minimum atomic E-state index is -1.14. The third kappa shape index (κ3) is 4.39. The van der Waals surface area contributed by atoms with Crippen LogP contribution >= 0.6 is 11.6 Å². The van der Waals surface area contributed by atoms with Crippen molar-refractivity contribution in [2.24, 2.45) is 0 Å². The third-order valence-corrected chi connectivity index (χ3v) is 4.11. The van der Waals surface area contributed by atoms with Gasteiger partial charge in [-0.15, -0.1) is 0 Å². The zero-order chi connectivity index (χ0) is 15.2. The number of aryl methyl sites for hydroxylation is 1. The van der Waals surface area contributed by atoms with E-state index in [0.717, 1.165) is 12.8 Å². The van der Waals surface area contributed by atoms with Crippen molar-refractivity contribution in [1.82, 2.24) is 5.32 Å². The Kier molecular flexibility index (Phi) is 6.41. The summed E-state index contributed by atoms with van der Waals surface area (Å²) in [6, 6.07) is 9.56. The summed E-state index contributed by atoms with van der Waals surface area (Å²) >= 11 is 6.05. The molecule has 5 nitrogen and oxygen atoms in total. The molecular weight excluding hydrogens is 294 g/mol. The maximum Gasteiger partial charge on any atom is 0.149 e. The predicted octanol–water partition coefficient (Wildman–Crippen LogP) is 0.255. The van der Waals surface area contributed by atoms with Gasteiger partial charge < -0.3 is 25.4 Å². The van der Waals surface area contributed by atoms with Crippen molar-refractivity contribution >= 4 is 11.6 Å². The predicted molar refractivity (Wildman–Crippen MR) is 80.2 cm³/mol. The van der Waals surface area contributed by atoms with Crippen molar-refractivity contribution in [1.29, 1.82) is 0 Å². The Morgan fingerprint density at radius 1 is 1.14 bits per heavy atom. The SMILES string of the molecule is OC[C@H]1OC(Cl)C(NCCCc2ccccc2)C(O)C1O. The minimum absolute atomic E-state index is 0.373. The van der Waals surface area contributed by atoms with Gasteiger partial charge in [-0.2, -0.15) is 0 Å². The second-order valence-electron chi connectivity index (χ2n) is 5.26. The van der Waals surface area contributed by atoms with Crippen molar-refractivity contribution in [3.8, 4) is 0 Å². The molecule has 1 aromatic carbocycles. The van der Waals surface area contributed by atoms with E-state index in [0.29, 0.717) is 6.54 Å². The van der Waals surface area contributed by atoms with Gasteiger partial charge in [-0.25, -0.2) is 0 Å². The molecule has 6 heteroatoms. The summed E-state index contributed by atoms with van der Waals surface area (Å²) in [5, 5.41) is 32.0. The summed E-state index contributed by atoms with van der Waals surface area (Å²) in [7, 11) is 0. The molecule has 0 spiro atoms. The molecule has 0 amide bonds. The number of hydrogen-bond acceptors (Lipinski definition) is 5. The van der Waals surface area contributed by atoms with E-state index < -0.39 is 29.9 Å². The van der Waals surface area contributed by atoms with Crippen LogP contribution in [0, 0.1) is 0 Å². The quantitative estimate of drug-likeness (QED) is 0.447. The van der Waals surface area contributed by atoms with Crippen molar-refractivity contribution in [3.63, 3.8) is 0 Å². The van der Waals surface area contributed by atoms with Gasteiger partial charge in [-0.3, -0.25) is 0 Å². The Labute approximate surface area is 129 Å². The fourth-order valence-electron chi connectivity index (χ4n) is 2.49. The zero-order valence-electron chi connectivity index (χ0n) is 11.7. The zero-order valence-corrected chi connectivity index (χ0v) is 12.5. The van der Waals surface area contributed by atoms with Crippen LogP contribution in [0.5, 0.6) is 0 Å². The normalized spacial score (nSPS) is 33.0. The van der Waals surface area contributed by atoms with Crippen molar-refractivity contribution in [3.05, 3.63) is 35.9 Å². The van der Waals surface area contributed by atoms with Gasteiger partial charge in [-0.1, -0.05) is 41.9 Å². The average Bonchev–Trinajstić information content (AvgIpc) is 2.51. The molecule has 2 rings (SSSR count). The lowest BCUT2D eigenvalue weighted by molar-refractivity contribution is -0.173. The van der Waals surface area contributed by atoms with Gasteiger partial charge in [0.1, 0.15) is 23.9 Å². The molecule has 1 saturated heterocycles. The maximum atomic E-state index is 10.0. The highest BCUT2D eigenvalue weighted by Crippen LogP contribution is 2.23. The van der Waals surface area contributed by atoms with Crippen molar-refractivity contribution < 1.29 is 20.1 Å². The molecule has 4 N–H and O–H groups in total. The lowest BCUT2D eigenvalue weighted by Crippen LogP contribution is -2.61. The van der Waals surface area contributed by atoms with E-state index in [1.165, 1.54) is 5.56 Å². The van der Waals surface area contributed by atoms with Crippen molar-refractivity contribution in [2.45, 2.75) is 42.8 Å². The number of alkyl halides is 1. The van der Waals surface area contributed by atoms with Crippen LogP contribution in [-0.2, 0) is 11.2 Å². The van der Waals surface area contributed by atoms with E-state index in [4.69, 9.17) is 21.4 Å². The molecule has 1 fully saturated rings. The smallest absolute Gasteiger partial charge is 0.149 e. The fraction of sp³-hybridized carbons (Fsp3) is 0.600. The first kappa shape index (κ1) is 16.7. The first-order chi connectivity index (χ1) is 10.1. The first-order valence-electron chi connectivity index (χ1n) is 7.17. The van der Waals surface area contributed by atoms with Gasteiger partial charge in [0.15, 0.2) is 0 Å². The number of nitrogens with one attached hydrogen (secondary N) is 1. The van der Waals surface area contributed by atoms with Gasteiger partial charge in [0.25, 0.3) is 0 Å². The second-order valence-corrected chi connectivity index (χ2v) is 5.69. The highest BCUT2D eigenvalue weighted by atomic mass is 35.5. The Balaban J connectivity index is 1.77. The molecule has 0 saturated carbocycles. The molecule has 1 aliphatic rings. The molecule has 118 valence electrons. The molecule has 0 aromatic heterocycles. The van der Waals surface area contributed by atoms with Crippen molar-refractivity contribution in [2.75, 3.05) is 13.2 Å². The summed E-state index contributed by atoms with van der Waals surface area (Å²) < 4.78 is 5.29. The van der Waals surface area contributed by atoms with Crippen LogP contribution in [0.2, 0.25) is 0 Å². The number of ether oxygens (including phenoxy) is 1. The Bertz CT molecular complexity index is 419. The summed E-state index contributed by atoms with van der Waals surface area (Å²) in [6.07, 6.45) is -1.24. The van der Waals surface area contributed by atoms with Gasteiger partial charge in [0.2, 0.25) is 0 Å². The Morgan fingerprint density at radius 2 is 1.86 bits per heavy atom. The molecule has 1 heterocycles. The fourth-order valence-corrected chi connectivity index (χ4v) is 2.86. The summed E-state index contributed by atoms with van der Waals surface area (Å²) in [5.41, 5.74) is 0.472. The first-order valence-corrected chi connectivity index (χ1v) is 7.61. The van der Waals surface area contributed by atoms with Gasteiger partial charge in [-0.05, 0) is 24.9 Å². The topological polar surface area (TPSA) is 82.0 Å².